The van der Waals surface area contributed by atoms with Crippen LogP contribution in [-0.2, 0) is 4.79 Å². The van der Waals surface area contributed by atoms with Crippen molar-refractivity contribution in [1.29, 1.82) is 0 Å². The zero-order chi connectivity index (χ0) is 27.4. The van der Waals surface area contributed by atoms with Gasteiger partial charge < -0.3 is 25.2 Å². The summed E-state index contributed by atoms with van der Waals surface area (Å²) in [5.41, 5.74) is 0.0134. The number of carbonyl (C=O) groups excluding carboxylic acids is 1. The average Bonchev–Trinajstić information content (AvgIpc) is 2.81. The third-order valence-electron chi connectivity index (χ3n) is 13.7. The minimum Gasteiger partial charge on any atom is -0.396 e. The average molecular weight is 517 g/mol. The van der Waals surface area contributed by atoms with Gasteiger partial charge in [0.1, 0.15) is 5.78 Å². The molecule has 0 aromatic carbocycles. The SMILES string of the molecule is CC(=O)CC12CCC(C)(C)C(O)C1C1=CCC3C4(C)CC(O)C(O)C(C)(CO)C4CCC3(C)C1(C)CC2. The second-order valence-electron chi connectivity index (χ2n) is 15.8. The van der Waals surface area contributed by atoms with E-state index in [1.807, 2.05) is 6.92 Å². The van der Waals surface area contributed by atoms with Gasteiger partial charge >= 0.3 is 0 Å². The Bertz CT molecular complexity index is 988. The van der Waals surface area contributed by atoms with E-state index in [0.29, 0.717) is 18.8 Å². The van der Waals surface area contributed by atoms with Crippen molar-refractivity contribution in [2.45, 2.75) is 125 Å². The predicted octanol–water partition coefficient (Wildman–Crippen LogP) is 5.04. The summed E-state index contributed by atoms with van der Waals surface area (Å²) >= 11 is 0. The van der Waals surface area contributed by atoms with Crippen molar-refractivity contribution >= 4 is 5.78 Å². The molecule has 11 atom stereocenters. The van der Waals surface area contributed by atoms with Crippen molar-refractivity contribution in [2.75, 3.05) is 6.61 Å². The molecule has 5 aliphatic rings. The highest BCUT2D eigenvalue weighted by Gasteiger charge is 2.70. The van der Waals surface area contributed by atoms with Gasteiger partial charge in [-0.1, -0.05) is 53.2 Å². The Morgan fingerprint density at radius 1 is 0.919 bits per heavy atom. The molecule has 37 heavy (non-hydrogen) atoms. The van der Waals surface area contributed by atoms with E-state index in [2.05, 4.69) is 40.7 Å². The largest absolute Gasteiger partial charge is 0.396 e. The lowest BCUT2D eigenvalue weighted by Gasteiger charge is -2.72. The van der Waals surface area contributed by atoms with Crippen LogP contribution >= 0.6 is 0 Å². The first kappa shape index (κ1) is 27.8. The van der Waals surface area contributed by atoms with Gasteiger partial charge in [-0.2, -0.15) is 0 Å². The highest BCUT2D eigenvalue weighted by Crippen LogP contribution is 2.76. The van der Waals surface area contributed by atoms with Crippen LogP contribution in [0.5, 0.6) is 0 Å². The van der Waals surface area contributed by atoms with Crippen LogP contribution in [0, 0.1) is 50.2 Å². The summed E-state index contributed by atoms with van der Waals surface area (Å²) in [6.07, 6.45) is 8.08. The standard InChI is InChI=1S/C32H52O5/c1-19(34)16-32-14-12-27(2,3)26(37)24(32)20-8-9-23-28(4)17-21(35)25(36)29(5,18-33)22(28)10-11-31(23,7)30(20,6)13-15-32/h8,21-26,33,35-37H,9-18H2,1-7H3. The van der Waals surface area contributed by atoms with Gasteiger partial charge in [0.2, 0.25) is 0 Å². The van der Waals surface area contributed by atoms with E-state index >= 15 is 0 Å². The maximum atomic E-state index is 12.5. The molecule has 0 amide bonds. The summed E-state index contributed by atoms with van der Waals surface area (Å²) in [5.74, 6) is 0.685. The van der Waals surface area contributed by atoms with Crippen LogP contribution in [0.2, 0.25) is 0 Å². The monoisotopic (exact) mass is 516 g/mol. The van der Waals surface area contributed by atoms with E-state index < -0.39 is 23.7 Å². The first-order valence-electron chi connectivity index (χ1n) is 14.9. The highest BCUT2D eigenvalue weighted by atomic mass is 16.3. The summed E-state index contributed by atoms with van der Waals surface area (Å²) in [5, 5.41) is 44.4. The van der Waals surface area contributed by atoms with E-state index in [0.717, 1.165) is 44.9 Å². The number of aliphatic hydroxyl groups is 4. The number of rotatable bonds is 3. The molecule has 5 rings (SSSR count). The van der Waals surface area contributed by atoms with E-state index in [-0.39, 0.29) is 51.3 Å². The van der Waals surface area contributed by atoms with E-state index in [1.165, 1.54) is 5.57 Å². The Morgan fingerprint density at radius 2 is 1.57 bits per heavy atom. The van der Waals surface area contributed by atoms with Crippen molar-refractivity contribution in [2.24, 2.45) is 50.2 Å². The van der Waals surface area contributed by atoms with Crippen molar-refractivity contribution in [3.05, 3.63) is 11.6 Å². The number of ketones is 1. The zero-order valence-electron chi connectivity index (χ0n) is 24.3. The highest BCUT2D eigenvalue weighted by molar-refractivity contribution is 5.76. The molecule has 210 valence electrons. The number of allylic oxidation sites excluding steroid dienone is 1. The Labute approximate surface area is 224 Å². The molecule has 0 aromatic heterocycles. The van der Waals surface area contributed by atoms with Crippen LogP contribution in [0.1, 0.15) is 106 Å². The number of hydrogen-bond donors (Lipinski definition) is 4. The molecule has 11 unspecified atom stereocenters. The molecule has 0 bridgehead atoms. The molecule has 0 radical (unpaired) electrons. The third kappa shape index (κ3) is 3.45. The van der Waals surface area contributed by atoms with Crippen molar-refractivity contribution in [1.82, 2.24) is 0 Å². The van der Waals surface area contributed by atoms with E-state index in [9.17, 15) is 25.2 Å². The first-order valence-corrected chi connectivity index (χ1v) is 14.9. The normalized spacial score (nSPS) is 54.7. The van der Waals surface area contributed by atoms with E-state index in [1.54, 1.807) is 6.92 Å². The molecule has 5 aliphatic carbocycles. The van der Waals surface area contributed by atoms with Crippen LogP contribution in [-0.4, -0.2) is 51.1 Å². The number of Topliss-reactive ketones (excluding diaryl/α,β-unsaturated/α-hetero) is 1. The lowest BCUT2D eigenvalue weighted by Crippen LogP contribution is -2.68. The lowest BCUT2D eigenvalue weighted by atomic mass is 9.33. The molecule has 4 saturated carbocycles. The summed E-state index contributed by atoms with van der Waals surface area (Å²) in [6.45, 7) is 15.1. The van der Waals surface area contributed by atoms with Gasteiger partial charge in [-0.05, 0) is 97.2 Å². The first-order chi connectivity index (χ1) is 17.0. The van der Waals surface area contributed by atoms with Crippen molar-refractivity contribution in [3.8, 4) is 0 Å². The van der Waals surface area contributed by atoms with Crippen LogP contribution in [0.25, 0.3) is 0 Å². The number of carbonyl (C=O) groups is 1. The summed E-state index contributed by atoms with van der Waals surface area (Å²) < 4.78 is 0. The molecule has 5 heteroatoms. The molecule has 0 aliphatic heterocycles. The van der Waals surface area contributed by atoms with Crippen molar-refractivity contribution in [3.63, 3.8) is 0 Å². The fourth-order valence-corrected chi connectivity index (χ4v) is 11.3. The van der Waals surface area contributed by atoms with Crippen LogP contribution in [0.15, 0.2) is 11.6 Å². The molecule has 0 spiro atoms. The zero-order valence-corrected chi connectivity index (χ0v) is 24.3. The fraction of sp³-hybridized carbons (Fsp3) is 0.906. The molecule has 0 saturated heterocycles. The maximum Gasteiger partial charge on any atom is 0.130 e. The Balaban J connectivity index is 1.62. The minimum absolute atomic E-state index is 0.00341. The molecule has 0 aromatic rings. The smallest absolute Gasteiger partial charge is 0.130 e. The molecular weight excluding hydrogens is 464 g/mol. The Kier molecular flexibility index (Phi) is 6.30. The topological polar surface area (TPSA) is 98.0 Å². The van der Waals surface area contributed by atoms with Crippen LogP contribution < -0.4 is 0 Å². The molecule has 5 nitrogen and oxygen atoms in total. The second-order valence-corrected chi connectivity index (χ2v) is 15.8. The van der Waals surface area contributed by atoms with Gasteiger partial charge in [0, 0.05) is 17.8 Å². The lowest BCUT2D eigenvalue weighted by molar-refractivity contribution is -0.245. The number of aliphatic hydroxyl groups excluding tert-OH is 4. The maximum absolute atomic E-state index is 12.5. The Morgan fingerprint density at radius 3 is 2.19 bits per heavy atom. The van der Waals surface area contributed by atoms with Gasteiger partial charge in [0.25, 0.3) is 0 Å². The molecule has 4 N–H and O–H groups in total. The van der Waals surface area contributed by atoms with Gasteiger partial charge in [-0.3, -0.25) is 0 Å². The molecule has 0 heterocycles. The van der Waals surface area contributed by atoms with Crippen LogP contribution in [0.4, 0.5) is 0 Å². The summed E-state index contributed by atoms with van der Waals surface area (Å²) in [7, 11) is 0. The van der Waals surface area contributed by atoms with E-state index in [4.69, 9.17) is 0 Å². The molecule has 4 fully saturated rings. The molecular formula is C32H52O5. The number of fused-ring (bicyclic) bond motifs is 7. The third-order valence-corrected chi connectivity index (χ3v) is 13.7. The quantitative estimate of drug-likeness (QED) is 0.394. The van der Waals surface area contributed by atoms with Gasteiger partial charge in [-0.25, -0.2) is 0 Å². The summed E-state index contributed by atoms with van der Waals surface area (Å²) in [6, 6.07) is 0. The van der Waals surface area contributed by atoms with Gasteiger partial charge in [0.15, 0.2) is 0 Å². The minimum atomic E-state index is -0.910. The fourth-order valence-electron chi connectivity index (χ4n) is 11.3. The summed E-state index contributed by atoms with van der Waals surface area (Å²) in [4.78, 5) is 12.5. The van der Waals surface area contributed by atoms with Crippen molar-refractivity contribution < 1.29 is 25.2 Å². The second kappa shape index (κ2) is 8.38. The predicted molar refractivity (Wildman–Crippen MR) is 145 cm³/mol. The van der Waals surface area contributed by atoms with Gasteiger partial charge in [-0.15, -0.1) is 0 Å². The Hall–Kier alpha value is -0.750. The van der Waals surface area contributed by atoms with Crippen LogP contribution in [0.3, 0.4) is 0 Å². The number of hydrogen-bond acceptors (Lipinski definition) is 5. The van der Waals surface area contributed by atoms with Gasteiger partial charge in [0.05, 0.1) is 24.9 Å².